The molecular weight excluding hydrogens is 276 g/mol. The van der Waals surface area contributed by atoms with Gasteiger partial charge in [0, 0.05) is 5.57 Å². The maximum Gasteiger partial charge on any atom is 0.359 e. The zero-order valence-electron chi connectivity index (χ0n) is 12.9. The fraction of sp³-hybridized carbons (Fsp3) is 0.733. The monoisotopic (exact) mass is 303 g/mol. The van der Waals surface area contributed by atoms with E-state index in [1.807, 2.05) is 0 Å². The molecule has 0 atom stereocenters. The Balaban J connectivity index is 3.98. The molecule has 0 bridgehead atoms. The van der Waals surface area contributed by atoms with Crippen LogP contribution in [0.5, 0.6) is 0 Å². The molecule has 0 radical (unpaired) electrons. The lowest BCUT2D eigenvalue weighted by molar-refractivity contribution is -0.162. The van der Waals surface area contributed by atoms with Gasteiger partial charge >= 0.3 is 11.9 Å². The van der Waals surface area contributed by atoms with Crippen molar-refractivity contribution in [3.8, 4) is 0 Å². The molecule has 20 heavy (non-hydrogen) atoms. The highest BCUT2D eigenvalue weighted by molar-refractivity contribution is 7.97. The lowest BCUT2D eigenvalue weighted by Gasteiger charge is -2.09. The minimum Gasteiger partial charge on any atom is -0.425 e. The maximum atomic E-state index is 11.7. The highest BCUT2D eigenvalue weighted by atomic mass is 32.2. The third kappa shape index (κ3) is 9.89. The van der Waals surface area contributed by atoms with Crippen LogP contribution in [0.2, 0.25) is 0 Å². The first-order valence-corrected chi connectivity index (χ1v) is 8.86. The summed E-state index contributed by atoms with van der Waals surface area (Å²) >= 11 is 0. The van der Waals surface area contributed by atoms with Crippen molar-refractivity contribution in [3.63, 3.8) is 0 Å². The van der Waals surface area contributed by atoms with Gasteiger partial charge in [0.25, 0.3) is 0 Å². The van der Waals surface area contributed by atoms with Gasteiger partial charge in [-0.1, -0.05) is 33.3 Å². The quantitative estimate of drug-likeness (QED) is 0.255. The molecule has 0 aliphatic carbocycles. The summed E-state index contributed by atoms with van der Waals surface area (Å²) < 4.78 is 9.68. The second-order valence-corrected chi connectivity index (χ2v) is 7.05. The van der Waals surface area contributed by atoms with E-state index in [1.54, 1.807) is 6.92 Å². The first-order valence-electron chi connectivity index (χ1n) is 7.13. The van der Waals surface area contributed by atoms with Crippen molar-refractivity contribution in [2.45, 2.75) is 46.5 Å². The lowest BCUT2D eigenvalue weighted by Crippen LogP contribution is -2.25. The van der Waals surface area contributed by atoms with Crippen molar-refractivity contribution >= 4 is 22.8 Å². The van der Waals surface area contributed by atoms with E-state index in [0.717, 1.165) is 37.2 Å². The minimum atomic E-state index is -0.534. The molecule has 0 unspecified atom stereocenters. The molecule has 5 heteroatoms. The standard InChI is InChI=1S/C15H27O4S/c1-5-7-9-20(10-8-6-2)11-14(16)18-12-19-15(17)13(3)4/h3,5-12H2,1-2,4H3/q+1. The van der Waals surface area contributed by atoms with Crippen molar-refractivity contribution in [1.29, 1.82) is 0 Å². The molecule has 116 valence electrons. The minimum absolute atomic E-state index is 0.0901. The highest BCUT2D eigenvalue weighted by Gasteiger charge is 2.22. The second-order valence-electron chi connectivity index (χ2n) is 4.72. The lowest BCUT2D eigenvalue weighted by atomic mass is 10.4. The van der Waals surface area contributed by atoms with Crippen LogP contribution in [0.15, 0.2) is 12.2 Å². The Morgan fingerprint density at radius 1 is 1.05 bits per heavy atom. The van der Waals surface area contributed by atoms with Gasteiger partial charge in [-0.15, -0.1) is 0 Å². The molecule has 0 rings (SSSR count). The average Bonchev–Trinajstić information content (AvgIpc) is 2.41. The Morgan fingerprint density at radius 2 is 1.60 bits per heavy atom. The van der Waals surface area contributed by atoms with E-state index in [-0.39, 0.29) is 23.7 Å². The Kier molecular flexibility index (Phi) is 11.3. The summed E-state index contributed by atoms with van der Waals surface area (Å²) in [6.45, 7) is 8.99. The first kappa shape index (κ1) is 19.0. The van der Waals surface area contributed by atoms with Crippen LogP contribution in [0.25, 0.3) is 0 Å². The van der Waals surface area contributed by atoms with Gasteiger partial charge in [0.1, 0.15) is 11.5 Å². The molecule has 0 saturated carbocycles. The zero-order chi connectivity index (χ0) is 15.4. The first-order chi connectivity index (χ1) is 9.51. The maximum absolute atomic E-state index is 11.7. The molecule has 0 aromatic carbocycles. The van der Waals surface area contributed by atoms with Gasteiger partial charge in [0.05, 0.1) is 0 Å². The van der Waals surface area contributed by atoms with Crippen molar-refractivity contribution in [3.05, 3.63) is 12.2 Å². The molecule has 0 fully saturated rings. The van der Waals surface area contributed by atoms with Crippen molar-refractivity contribution < 1.29 is 19.1 Å². The van der Waals surface area contributed by atoms with Gasteiger partial charge in [0.15, 0.2) is 0 Å². The predicted molar refractivity (Wildman–Crippen MR) is 83.6 cm³/mol. The molecule has 0 N–H and O–H groups in total. The van der Waals surface area contributed by atoms with E-state index in [0.29, 0.717) is 11.3 Å². The third-order valence-corrected chi connectivity index (χ3v) is 5.03. The molecular formula is C15H27O4S+. The molecule has 0 heterocycles. The fourth-order valence-electron chi connectivity index (χ4n) is 1.42. The number of hydrogen-bond acceptors (Lipinski definition) is 4. The number of carbonyl (C=O) groups excluding carboxylic acids is 2. The van der Waals surface area contributed by atoms with Crippen LogP contribution in [0.4, 0.5) is 0 Å². The predicted octanol–water partition coefficient (Wildman–Crippen LogP) is 2.82. The molecule has 0 aliphatic rings. The molecule has 0 spiro atoms. The number of ether oxygens (including phenoxy) is 2. The zero-order valence-corrected chi connectivity index (χ0v) is 13.7. The number of carbonyl (C=O) groups is 2. The number of rotatable bonds is 11. The largest absolute Gasteiger partial charge is 0.425 e. The van der Waals surface area contributed by atoms with Crippen LogP contribution < -0.4 is 0 Å². The number of esters is 2. The summed E-state index contributed by atoms with van der Waals surface area (Å²) in [5.74, 6) is 1.78. The molecule has 0 aromatic rings. The van der Waals surface area contributed by atoms with Gasteiger partial charge in [-0.05, 0) is 30.7 Å². The Morgan fingerprint density at radius 3 is 2.05 bits per heavy atom. The van der Waals surface area contributed by atoms with Crippen LogP contribution in [0.3, 0.4) is 0 Å². The van der Waals surface area contributed by atoms with Gasteiger partial charge in [-0.3, -0.25) is 0 Å². The smallest absolute Gasteiger partial charge is 0.359 e. The van der Waals surface area contributed by atoms with Crippen LogP contribution in [-0.4, -0.2) is 36.0 Å². The van der Waals surface area contributed by atoms with Crippen LogP contribution in [0, 0.1) is 0 Å². The fourth-order valence-corrected chi connectivity index (χ4v) is 3.73. The van der Waals surface area contributed by atoms with E-state index < -0.39 is 5.97 Å². The summed E-state index contributed by atoms with van der Waals surface area (Å²) in [6.07, 6.45) is 4.57. The summed E-state index contributed by atoms with van der Waals surface area (Å²) in [5.41, 5.74) is 0.298. The van der Waals surface area contributed by atoms with Crippen LogP contribution in [0.1, 0.15) is 46.5 Å². The third-order valence-electron chi connectivity index (χ3n) is 2.65. The van der Waals surface area contributed by atoms with E-state index in [2.05, 4.69) is 20.4 Å². The Labute approximate surface area is 125 Å². The van der Waals surface area contributed by atoms with E-state index in [1.165, 1.54) is 0 Å². The molecule has 0 amide bonds. The highest BCUT2D eigenvalue weighted by Crippen LogP contribution is 2.06. The SMILES string of the molecule is C=C(C)C(=O)OCOC(=O)C[S+](CCCC)CCCC. The summed E-state index contributed by atoms with van der Waals surface area (Å²) in [5, 5.41) is 0. The van der Waals surface area contributed by atoms with Gasteiger partial charge in [0.2, 0.25) is 12.5 Å². The molecule has 4 nitrogen and oxygen atoms in total. The van der Waals surface area contributed by atoms with Gasteiger partial charge in [-0.25, -0.2) is 9.59 Å². The van der Waals surface area contributed by atoms with E-state index in [9.17, 15) is 9.59 Å². The Bertz CT molecular complexity index is 307. The van der Waals surface area contributed by atoms with Crippen molar-refractivity contribution in [1.82, 2.24) is 0 Å². The summed E-state index contributed by atoms with van der Waals surface area (Å²) in [6, 6.07) is 0. The van der Waals surface area contributed by atoms with E-state index in [4.69, 9.17) is 9.47 Å². The van der Waals surface area contributed by atoms with Crippen LogP contribution in [-0.2, 0) is 30.0 Å². The van der Waals surface area contributed by atoms with Gasteiger partial charge in [-0.2, -0.15) is 0 Å². The van der Waals surface area contributed by atoms with Crippen molar-refractivity contribution in [2.75, 3.05) is 24.1 Å². The normalized spacial score (nSPS) is 10.4. The average molecular weight is 303 g/mol. The van der Waals surface area contributed by atoms with Crippen LogP contribution >= 0.6 is 0 Å². The van der Waals surface area contributed by atoms with E-state index >= 15 is 0 Å². The second kappa shape index (κ2) is 11.8. The number of hydrogen-bond donors (Lipinski definition) is 0. The summed E-state index contributed by atoms with van der Waals surface area (Å²) in [4.78, 5) is 22.8. The Hall–Kier alpha value is -0.970. The number of unbranched alkanes of at least 4 members (excludes halogenated alkanes) is 2. The molecule has 0 saturated heterocycles. The summed E-state index contributed by atoms with van der Waals surface area (Å²) in [7, 11) is 0.0901. The van der Waals surface area contributed by atoms with Gasteiger partial charge < -0.3 is 9.47 Å². The molecule has 0 aromatic heterocycles. The van der Waals surface area contributed by atoms with Crippen molar-refractivity contribution in [2.24, 2.45) is 0 Å². The topological polar surface area (TPSA) is 52.6 Å². The molecule has 0 aliphatic heterocycles.